The zero-order valence-electron chi connectivity index (χ0n) is 23.5. The van der Waals surface area contributed by atoms with Crippen molar-refractivity contribution in [1.82, 2.24) is 9.62 Å². The van der Waals surface area contributed by atoms with E-state index in [0.29, 0.717) is 60.9 Å². The summed E-state index contributed by atoms with van der Waals surface area (Å²) in [5.41, 5.74) is 3.09. The first-order valence-corrected chi connectivity index (χ1v) is 15.5. The van der Waals surface area contributed by atoms with Crippen molar-refractivity contribution in [2.45, 2.75) is 43.7 Å². The van der Waals surface area contributed by atoms with Crippen molar-refractivity contribution in [3.63, 3.8) is 0 Å². The molecule has 11 heteroatoms. The van der Waals surface area contributed by atoms with Gasteiger partial charge in [-0.2, -0.15) is 0 Å². The minimum atomic E-state index is -3.64. The number of phenols is 2. The van der Waals surface area contributed by atoms with Crippen LogP contribution in [-0.4, -0.2) is 62.3 Å². The predicted molar refractivity (Wildman–Crippen MR) is 161 cm³/mol. The fraction of sp³-hybridized carbons (Fsp3) is 0.323. The first-order valence-electron chi connectivity index (χ1n) is 13.6. The molecular formula is C31H35ClN2O7S. The Labute approximate surface area is 251 Å². The summed E-state index contributed by atoms with van der Waals surface area (Å²) in [7, 11) is -2.05. The van der Waals surface area contributed by atoms with E-state index >= 15 is 0 Å². The van der Waals surface area contributed by atoms with Crippen LogP contribution in [0.5, 0.6) is 17.2 Å². The third-order valence-corrected chi connectivity index (χ3v) is 8.68. The molecule has 224 valence electrons. The molecule has 0 aliphatic heterocycles. The van der Waals surface area contributed by atoms with Crippen LogP contribution in [0.25, 0.3) is 6.08 Å². The van der Waals surface area contributed by atoms with Crippen molar-refractivity contribution in [3.8, 4) is 17.2 Å². The number of halogens is 1. The molecule has 0 saturated carbocycles. The van der Waals surface area contributed by atoms with Gasteiger partial charge in [-0.25, -0.2) is 13.1 Å². The molecule has 3 aromatic carbocycles. The van der Waals surface area contributed by atoms with Gasteiger partial charge in [0.05, 0.1) is 11.5 Å². The number of ether oxygens (including phenoxy) is 2. The standard InChI is InChI=1S/C31H35ClN2O7S/c1-3-12-33-42(38,39)27-8-6-22-17-26(18-23(22)19-27)34(31(37)11-5-21-4-9-28(35)29(36)15-21)20-24-16-25(32)7-10-30(24)41-14-13-40-2/h4-11,15-16,19,26,33,35-36H,3,12-14,17-18,20H2,1-2H3/b11-5+. The molecule has 0 saturated heterocycles. The van der Waals surface area contributed by atoms with E-state index in [1.54, 1.807) is 54.5 Å². The monoisotopic (exact) mass is 614 g/mol. The molecule has 1 aliphatic carbocycles. The first kappa shape index (κ1) is 31.4. The summed E-state index contributed by atoms with van der Waals surface area (Å²) >= 11 is 6.33. The smallest absolute Gasteiger partial charge is 0.247 e. The normalized spacial score (nSPS) is 14.7. The van der Waals surface area contributed by atoms with Gasteiger partial charge in [-0.3, -0.25) is 4.79 Å². The maximum absolute atomic E-state index is 13.7. The Hall–Kier alpha value is -3.57. The van der Waals surface area contributed by atoms with E-state index in [9.17, 15) is 23.4 Å². The van der Waals surface area contributed by atoms with Crippen molar-refractivity contribution in [1.29, 1.82) is 0 Å². The van der Waals surface area contributed by atoms with E-state index in [4.69, 9.17) is 21.1 Å². The molecule has 0 aromatic heterocycles. The molecule has 1 atom stereocenters. The quantitative estimate of drug-likeness (QED) is 0.145. The van der Waals surface area contributed by atoms with Crippen LogP contribution in [0.15, 0.2) is 65.6 Å². The maximum atomic E-state index is 13.7. The number of carbonyl (C=O) groups excluding carboxylic acids is 1. The van der Waals surface area contributed by atoms with Crippen LogP contribution in [-0.2, 0) is 38.9 Å². The molecule has 4 rings (SSSR count). The lowest BCUT2D eigenvalue weighted by molar-refractivity contribution is -0.128. The fourth-order valence-corrected chi connectivity index (χ4v) is 6.18. The molecule has 9 nitrogen and oxygen atoms in total. The molecule has 3 aromatic rings. The van der Waals surface area contributed by atoms with Gasteiger partial charge in [0, 0.05) is 42.9 Å². The molecule has 42 heavy (non-hydrogen) atoms. The lowest BCUT2D eigenvalue weighted by Gasteiger charge is -2.29. The Morgan fingerprint density at radius 3 is 2.57 bits per heavy atom. The fourth-order valence-electron chi connectivity index (χ4n) is 4.80. The number of phenolic OH excluding ortho intramolecular Hbond substituents is 2. The van der Waals surface area contributed by atoms with E-state index in [1.807, 2.05) is 13.0 Å². The zero-order valence-corrected chi connectivity index (χ0v) is 25.1. The molecule has 0 spiro atoms. The van der Waals surface area contributed by atoms with Crippen molar-refractivity contribution in [2.24, 2.45) is 0 Å². The van der Waals surface area contributed by atoms with Crippen LogP contribution in [0.2, 0.25) is 5.02 Å². The van der Waals surface area contributed by atoms with Crippen LogP contribution in [0.3, 0.4) is 0 Å². The SMILES string of the molecule is CCCNS(=O)(=O)c1ccc2c(c1)CC(N(Cc1cc(Cl)ccc1OCCOC)C(=O)/C=C/c1ccc(O)c(O)c1)C2. The van der Waals surface area contributed by atoms with Gasteiger partial charge in [-0.1, -0.05) is 30.7 Å². The second-order valence-electron chi connectivity index (χ2n) is 10.0. The van der Waals surface area contributed by atoms with Crippen molar-refractivity contribution < 1.29 is 32.9 Å². The van der Waals surface area contributed by atoms with Crippen LogP contribution in [0.4, 0.5) is 0 Å². The number of benzene rings is 3. The lowest BCUT2D eigenvalue weighted by atomic mass is 10.1. The van der Waals surface area contributed by atoms with E-state index in [0.717, 1.165) is 11.1 Å². The van der Waals surface area contributed by atoms with Gasteiger partial charge >= 0.3 is 0 Å². The van der Waals surface area contributed by atoms with E-state index in [2.05, 4.69) is 4.72 Å². The number of methoxy groups -OCH3 is 1. The van der Waals surface area contributed by atoms with Crippen LogP contribution in [0.1, 0.15) is 35.6 Å². The highest BCUT2D eigenvalue weighted by Crippen LogP contribution is 2.32. The van der Waals surface area contributed by atoms with Gasteiger partial charge in [0.1, 0.15) is 12.4 Å². The van der Waals surface area contributed by atoms with Gasteiger partial charge in [0.25, 0.3) is 0 Å². The number of fused-ring (bicyclic) bond motifs is 1. The number of hydrogen-bond donors (Lipinski definition) is 3. The maximum Gasteiger partial charge on any atom is 0.247 e. The van der Waals surface area contributed by atoms with Gasteiger partial charge in [0.2, 0.25) is 15.9 Å². The van der Waals surface area contributed by atoms with Crippen LogP contribution >= 0.6 is 11.6 Å². The summed E-state index contributed by atoms with van der Waals surface area (Å²) in [4.78, 5) is 15.7. The van der Waals surface area contributed by atoms with Crippen LogP contribution < -0.4 is 9.46 Å². The van der Waals surface area contributed by atoms with Gasteiger partial charge in [-0.05, 0) is 84.5 Å². The van der Waals surface area contributed by atoms with Gasteiger partial charge in [-0.15, -0.1) is 0 Å². The average Bonchev–Trinajstić information content (AvgIpc) is 3.39. The molecule has 0 radical (unpaired) electrons. The molecular weight excluding hydrogens is 580 g/mol. The molecule has 3 N–H and O–H groups in total. The molecule has 0 heterocycles. The first-order chi connectivity index (χ1) is 20.1. The predicted octanol–water partition coefficient (Wildman–Crippen LogP) is 4.67. The number of rotatable bonds is 13. The topological polar surface area (TPSA) is 125 Å². The van der Waals surface area contributed by atoms with Gasteiger partial charge in [0.15, 0.2) is 11.5 Å². The lowest BCUT2D eigenvalue weighted by Crippen LogP contribution is -2.39. The third-order valence-electron chi connectivity index (χ3n) is 6.99. The number of carbonyl (C=O) groups is 1. The molecule has 0 bridgehead atoms. The Morgan fingerprint density at radius 1 is 1.05 bits per heavy atom. The largest absolute Gasteiger partial charge is 0.504 e. The summed E-state index contributed by atoms with van der Waals surface area (Å²) in [6.07, 6.45) is 4.66. The number of aromatic hydroxyl groups is 2. The van der Waals surface area contributed by atoms with E-state index in [1.165, 1.54) is 18.2 Å². The molecule has 0 fully saturated rings. The molecule has 1 amide bonds. The Morgan fingerprint density at radius 2 is 1.83 bits per heavy atom. The average molecular weight is 615 g/mol. The van der Waals surface area contributed by atoms with Crippen LogP contribution in [0, 0.1) is 0 Å². The molecule has 1 unspecified atom stereocenters. The summed E-state index contributed by atoms with van der Waals surface area (Å²) in [5.74, 6) is -0.256. The third kappa shape index (κ3) is 7.83. The second-order valence-corrected chi connectivity index (χ2v) is 12.2. The zero-order chi connectivity index (χ0) is 30.3. The summed E-state index contributed by atoms with van der Waals surface area (Å²) in [5, 5.41) is 20.0. The summed E-state index contributed by atoms with van der Waals surface area (Å²) in [6, 6.07) is 14.4. The Bertz CT molecular complexity index is 1560. The van der Waals surface area contributed by atoms with Crippen molar-refractivity contribution in [3.05, 3.63) is 87.9 Å². The second kappa shape index (κ2) is 14.1. The number of nitrogens with one attached hydrogen (secondary N) is 1. The Balaban J connectivity index is 1.64. The number of nitrogens with zero attached hydrogens (tertiary/aromatic N) is 1. The number of amides is 1. The number of hydrogen-bond acceptors (Lipinski definition) is 7. The Kier molecular flexibility index (Phi) is 10.5. The highest BCUT2D eigenvalue weighted by Gasteiger charge is 2.31. The summed E-state index contributed by atoms with van der Waals surface area (Å²) < 4.78 is 39.1. The van der Waals surface area contributed by atoms with Crippen molar-refractivity contribution in [2.75, 3.05) is 26.9 Å². The van der Waals surface area contributed by atoms with E-state index in [-0.39, 0.29) is 34.9 Å². The minimum Gasteiger partial charge on any atom is -0.504 e. The number of sulfonamides is 1. The highest BCUT2D eigenvalue weighted by molar-refractivity contribution is 7.89. The van der Waals surface area contributed by atoms with E-state index < -0.39 is 10.0 Å². The molecule has 1 aliphatic rings. The highest BCUT2D eigenvalue weighted by atomic mass is 35.5. The van der Waals surface area contributed by atoms with Gasteiger partial charge < -0.3 is 24.6 Å². The van der Waals surface area contributed by atoms with Crippen molar-refractivity contribution >= 4 is 33.6 Å². The minimum absolute atomic E-state index is 0.189. The summed E-state index contributed by atoms with van der Waals surface area (Å²) in [6.45, 7) is 3.15.